The first-order chi connectivity index (χ1) is 6.39. The van der Waals surface area contributed by atoms with Gasteiger partial charge in [-0.3, -0.25) is 0 Å². The molecule has 0 saturated carbocycles. The van der Waals surface area contributed by atoms with Gasteiger partial charge in [-0.15, -0.1) is 5.10 Å². The Morgan fingerprint density at radius 2 is 2.21 bits per heavy atom. The summed E-state index contributed by atoms with van der Waals surface area (Å²) in [6.07, 6.45) is 0. The van der Waals surface area contributed by atoms with Crippen molar-refractivity contribution in [2.45, 2.75) is 11.9 Å². The Labute approximate surface area is 96.3 Å². The van der Waals surface area contributed by atoms with Crippen LogP contribution in [0.1, 0.15) is 5.69 Å². The summed E-state index contributed by atoms with van der Waals surface area (Å²) in [5, 5.41) is 3.85. The van der Waals surface area contributed by atoms with Crippen molar-refractivity contribution in [1.29, 1.82) is 0 Å². The van der Waals surface area contributed by atoms with Crippen LogP contribution in [-0.2, 0) is 9.05 Å². The third-order valence-electron chi connectivity index (χ3n) is 1.53. The summed E-state index contributed by atoms with van der Waals surface area (Å²) in [5.41, 5.74) is 0.353. The first kappa shape index (κ1) is 10.3. The molecular weight excluding hydrogens is 314 g/mol. The lowest BCUT2D eigenvalue weighted by Gasteiger charge is -1.92. The molecule has 0 amide bonds. The molecule has 14 heavy (non-hydrogen) atoms. The van der Waals surface area contributed by atoms with Crippen LogP contribution in [0, 0.1) is 6.92 Å². The average Bonchev–Trinajstić information content (AvgIpc) is 2.38. The van der Waals surface area contributed by atoms with Gasteiger partial charge in [-0.05, 0) is 22.9 Å². The van der Waals surface area contributed by atoms with Crippen molar-refractivity contribution in [3.05, 3.63) is 9.61 Å². The fourth-order valence-electron chi connectivity index (χ4n) is 1.09. The molecule has 0 atom stereocenters. The minimum atomic E-state index is -3.81. The summed E-state index contributed by atoms with van der Waals surface area (Å²) in [4.78, 5) is 4.52. The largest absolute Gasteiger partial charge is 0.280 e. The molecule has 0 aliphatic rings. The van der Waals surface area contributed by atoms with E-state index in [9.17, 15) is 8.42 Å². The number of hydrogen-bond acceptors (Lipinski definition) is 5. The van der Waals surface area contributed by atoms with E-state index in [1.54, 1.807) is 6.92 Å². The van der Waals surface area contributed by atoms with Gasteiger partial charge in [0.2, 0.25) is 4.96 Å². The van der Waals surface area contributed by atoms with E-state index in [4.69, 9.17) is 10.7 Å². The molecular formula is C5H3BrClN3O2S2. The van der Waals surface area contributed by atoms with Gasteiger partial charge in [0.1, 0.15) is 0 Å². The molecule has 2 aromatic heterocycles. The van der Waals surface area contributed by atoms with E-state index in [2.05, 4.69) is 26.0 Å². The molecule has 0 unspecified atom stereocenters. The number of imidazole rings is 1. The van der Waals surface area contributed by atoms with E-state index in [0.717, 1.165) is 0 Å². The number of aryl methyl sites for hydroxylation is 1. The van der Waals surface area contributed by atoms with Gasteiger partial charge in [-0.1, -0.05) is 11.3 Å². The van der Waals surface area contributed by atoms with Gasteiger partial charge in [0.05, 0.1) is 5.69 Å². The van der Waals surface area contributed by atoms with Gasteiger partial charge in [-0.25, -0.2) is 13.4 Å². The number of halogens is 2. The minimum absolute atomic E-state index is 0.0730. The lowest BCUT2D eigenvalue weighted by atomic mass is 10.6. The summed E-state index contributed by atoms with van der Waals surface area (Å²) >= 11 is 4.38. The maximum absolute atomic E-state index is 11.2. The molecule has 0 N–H and O–H groups in total. The number of fused-ring (bicyclic) bond motifs is 1. The van der Waals surface area contributed by atoms with Crippen LogP contribution in [-0.4, -0.2) is 23.0 Å². The second kappa shape index (κ2) is 3.16. The Morgan fingerprint density at radius 3 is 2.79 bits per heavy atom. The van der Waals surface area contributed by atoms with Crippen molar-refractivity contribution in [2.75, 3.05) is 0 Å². The molecule has 0 radical (unpaired) electrons. The average molecular weight is 317 g/mol. The summed E-state index contributed by atoms with van der Waals surface area (Å²) in [6, 6.07) is 0. The molecule has 0 aromatic carbocycles. The SMILES string of the molecule is Cc1nc2sc(Br)nn2c1S(=O)(=O)Cl. The van der Waals surface area contributed by atoms with Crippen molar-refractivity contribution < 1.29 is 8.42 Å². The highest BCUT2D eigenvalue weighted by Crippen LogP contribution is 2.26. The molecule has 76 valence electrons. The van der Waals surface area contributed by atoms with E-state index in [1.165, 1.54) is 15.9 Å². The van der Waals surface area contributed by atoms with Crippen LogP contribution in [0.15, 0.2) is 8.94 Å². The lowest BCUT2D eigenvalue weighted by Crippen LogP contribution is -1.99. The zero-order valence-electron chi connectivity index (χ0n) is 6.73. The highest BCUT2D eigenvalue weighted by atomic mass is 79.9. The predicted octanol–water partition coefficient (Wildman–Crippen LogP) is 1.79. The Bertz CT molecular complexity index is 602. The van der Waals surface area contributed by atoms with Gasteiger partial charge in [-0.2, -0.15) is 4.52 Å². The number of rotatable bonds is 1. The second-order valence-electron chi connectivity index (χ2n) is 2.49. The Balaban J connectivity index is 2.92. The molecule has 0 aliphatic carbocycles. The van der Waals surface area contributed by atoms with Crippen LogP contribution in [0.2, 0.25) is 0 Å². The van der Waals surface area contributed by atoms with Gasteiger partial charge in [0.15, 0.2) is 8.94 Å². The first-order valence-corrected chi connectivity index (χ1v) is 7.28. The topological polar surface area (TPSA) is 64.3 Å². The molecule has 9 heteroatoms. The molecule has 0 bridgehead atoms. The highest BCUT2D eigenvalue weighted by molar-refractivity contribution is 9.11. The smallest absolute Gasteiger partial charge is 0.221 e. The fraction of sp³-hybridized carbons (Fsp3) is 0.200. The maximum atomic E-state index is 11.2. The summed E-state index contributed by atoms with van der Waals surface area (Å²) in [6.45, 7) is 1.57. The third kappa shape index (κ3) is 1.56. The summed E-state index contributed by atoms with van der Waals surface area (Å²) < 4.78 is 24.2. The van der Waals surface area contributed by atoms with Crippen LogP contribution in [0.3, 0.4) is 0 Å². The van der Waals surface area contributed by atoms with E-state index < -0.39 is 9.05 Å². The van der Waals surface area contributed by atoms with E-state index in [1.807, 2.05) is 0 Å². The van der Waals surface area contributed by atoms with E-state index in [-0.39, 0.29) is 5.03 Å². The number of hydrogen-bond donors (Lipinski definition) is 0. The molecule has 2 rings (SSSR count). The normalized spacial score (nSPS) is 12.5. The standard InChI is InChI=1S/C5H3BrClN3O2S2/c1-2-3(14(7,11)12)10-5(8-2)13-4(6)9-10/h1H3. The quantitative estimate of drug-likeness (QED) is 0.752. The molecule has 0 spiro atoms. The molecule has 2 heterocycles. The van der Waals surface area contributed by atoms with E-state index >= 15 is 0 Å². The van der Waals surface area contributed by atoms with Gasteiger partial charge >= 0.3 is 0 Å². The Kier molecular flexibility index (Phi) is 2.33. The van der Waals surface area contributed by atoms with Crippen molar-refractivity contribution in [2.24, 2.45) is 0 Å². The van der Waals surface area contributed by atoms with Crippen molar-refractivity contribution >= 4 is 52.0 Å². The molecule has 5 nitrogen and oxygen atoms in total. The van der Waals surface area contributed by atoms with Crippen molar-refractivity contribution in [1.82, 2.24) is 14.6 Å². The van der Waals surface area contributed by atoms with Crippen LogP contribution >= 0.6 is 37.9 Å². The van der Waals surface area contributed by atoms with Gasteiger partial charge in [0, 0.05) is 10.7 Å². The minimum Gasteiger partial charge on any atom is -0.221 e. The first-order valence-electron chi connectivity index (χ1n) is 3.36. The molecule has 0 aliphatic heterocycles. The van der Waals surface area contributed by atoms with Crippen LogP contribution < -0.4 is 0 Å². The van der Waals surface area contributed by atoms with Crippen molar-refractivity contribution in [3.8, 4) is 0 Å². The maximum Gasteiger partial charge on any atom is 0.280 e. The van der Waals surface area contributed by atoms with Gasteiger partial charge in [0.25, 0.3) is 9.05 Å². The Morgan fingerprint density at radius 1 is 1.57 bits per heavy atom. The van der Waals surface area contributed by atoms with E-state index in [0.29, 0.717) is 14.6 Å². The van der Waals surface area contributed by atoms with Gasteiger partial charge < -0.3 is 0 Å². The monoisotopic (exact) mass is 315 g/mol. The highest BCUT2D eigenvalue weighted by Gasteiger charge is 2.23. The number of aromatic nitrogens is 3. The van der Waals surface area contributed by atoms with Crippen molar-refractivity contribution in [3.63, 3.8) is 0 Å². The van der Waals surface area contributed by atoms with Crippen LogP contribution in [0.5, 0.6) is 0 Å². The third-order valence-corrected chi connectivity index (χ3v) is 4.24. The zero-order valence-corrected chi connectivity index (χ0v) is 10.7. The predicted molar refractivity (Wildman–Crippen MR) is 56.3 cm³/mol. The Hall–Kier alpha value is -0.180. The lowest BCUT2D eigenvalue weighted by molar-refractivity contribution is 0.601. The van der Waals surface area contributed by atoms with Crippen LogP contribution in [0.4, 0.5) is 0 Å². The number of nitrogens with zero attached hydrogens (tertiary/aromatic N) is 3. The fourth-order valence-corrected chi connectivity index (χ4v) is 3.68. The molecule has 0 saturated heterocycles. The second-order valence-corrected chi connectivity index (χ2v) is 7.20. The summed E-state index contributed by atoms with van der Waals surface area (Å²) in [5.74, 6) is 0. The molecule has 2 aromatic rings. The summed E-state index contributed by atoms with van der Waals surface area (Å²) in [7, 11) is 1.45. The van der Waals surface area contributed by atoms with Crippen LogP contribution in [0.25, 0.3) is 4.96 Å². The molecule has 0 fully saturated rings. The zero-order chi connectivity index (χ0) is 10.5.